The van der Waals surface area contributed by atoms with Crippen molar-refractivity contribution >= 4 is 16.3 Å². The molecule has 0 fully saturated rings. The molecule has 1 heterocycles. The number of hydrogen-bond acceptors (Lipinski definition) is 1. The fourth-order valence-corrected chi connectivity index (χ4v) is 1.84. The van der Waals surface area contributed by atoms with Crippen molar-refractivity contribution in [2.45, 2.75) is 26.3 Å². The van der Waals surface area contributed by atoms with Gasteiger partial charge in [0, 0.05) is 16.8 Å². The predicted octanol–water partition coefficient (Wildman–Crippen LogP) is 1.25. The van der Waals surface area contributed by atoms with Gasteiger partial charge in [0.05, 0.1) is 0 Å². The van der Waals surface area contributed by atoms with Crippen LogP contribution in [0.2, 0.25) is 0 Å². The molecule has 1 unspecified atom stereocenters. The SMILES string of the molecule is CCC1C[S]=C(C)N1. The van der Waals surface area contributed by atoms with Gasteiger partial charge in [0.1, 0.15) is 0 Å². The van der Waals surface area contributed by atoms with Gasteiger partial charge in [-0.25, -0.2) is 0 Å². The van der Waals surface area contributed by atoms with Crippen molar-refractivity contribution in [2.24, 2.45) is 0 Å². The van der Waals surface area contributed by atoms with E-state index in [4.69, 9.17) is 0 Å². The molecule has 0 spiro atoms. The van der Waals surface area contributed by atoms with E-state index in [9.17, 15) is 0 Å². The van der Waals surface area contributed by atoms with Crippen molar-refractivity contribution in [3.63, 3.8) is 0 Å². The van der Waals surface area contributed by atoms with Gasteiger partial charge in [-0.05, 0) is 13.3 Å². The van der Waals surface area contributed by atoms with Crippen LogP contribution in [0.25, 0.3) is 0 Å². The second kappa shape index (κ2) is 2.55. The van der Waals surface area contributed by atoms with Crippen molar-refractivity contribution in [3.8, 4) is 0 Å². The maximum Gasteiger partial charge on any atom is 0.0376 e. The van der Waals surface area contributed by atoms with Crippen molar-refractivity contribution < 1.29 is 0 Å². The Hall–Kier alpha value is 0.0500. The van der Waals surface area contributed by atoms with Crippen LogP contribution < -0.4 is 5.32 Å². The predicted molar refractivity (Wildman–Crippen MR) is 40.4 cm³/mol. The molecule has 0 saturated carbocycles. The lowest BCUT2D eigenvalue weighted by Crippen LogP contribution is -2.27. The first-order valence-electron chi connectivity index (χ1n) is 3.06. The van der Waals surface area contributed by atoms with E-state index in [0.717, 1.165) is 6.04 Å². The molecule has 2 heteroatoms. The molecule has 8 heavy (non-hydrogen) atoms. The van der Waals surface area contributed by atoms with E-state index in [0.29, 0.717) is 0 Å². The van der Waals surface area contributed by atoms with E-state index < -0.39 is 0 Å². The van der Waals surface area contributed by atoms with E-state index in [1.807, 2.05) is 11.4 Å². The minimum absolute atomic E-state index is 0.750. The second-order valence-electron chi connectivity index (χ2n) is 2.12. The first-order valence-corrected chi connectivity index (χ1v) is 4.04. The quantitative estimate of drug-likeness (QED) is 0.527. The van der Waals surface area contributed by atoms with Crippen molar-refractivity contribution in [2.75, 3.05) is 5.75 Å². The molecule has 1 N–H and O–H groups in total. The molecule has 1 rings (SSSR count). The van der Waals surface area contributed by atoms with Gasteiger partial charge in [-0.1, -0.05) is 6.92 Å². The number of rotatable bonds is 1. The fourth-order valence-electron chi connectivity index (χ4n) is 0.816. The molecule has 1 aliphatic rings. The summed E-state index contributed by atoms with van der Waals surface area (Å²) < 4.78 is 0. The lowest BCUT2D eigenvalue weighted by Gasteiger charge is -2.03. The molecule has 47 valence electrons. The third kappa shape index (κ3) is 1.26. The second-order valence-corrected chi connectivity index (χ2v) is 3.35. The summed E-state index contributed by atoms with van der Waals surface area (Å²) in [6.45, 7) is 4.36. The Balaban J connectivity index is 2.32. The summed E-state index contributed by atoms with van der Waals surface area (Å²) in [5.74, 6) is 1.27. The average Bonchev–Trinajstić information content (AvgIpc) is 2.14. The molecule has 1 atom stereocenters. The smallest absolute Gasteiger partial charge is 0.0376 e. The minimum atomic E-state index is 0.750. The van der Waals surface area contributed by atoms with E-state index >= 15 is 0 Å². The van der Waals surface area contributed by atoms with E-state index in [-0.39, 0.29) is 0 Å². The van der Waals surface area contributed by atoms with Crippen LogP contribution >= 0.6 is 11.4 Å². The van der Waals surface area contributed by atoms with Crippen molar-refractivity contribution in [3.05, 3.63) is 0 Å². The fraction of sp³-hybridized carbons (Fsp3) is 0.833. The van der Waals surface area contributed by atoms with Crippen LogP contribution in [-0.4, -0.2) is 16.8 Å². The Bertz CT molecular complexity index is 109. The highest BCUT2D eigenvalue weighted by molar-refractivity contribution is 7.99. The van der Waals surface area contributed by atoms with Crippen molar-refractivity contribution in [1.82, 2.24) is 5.32 Å². The summed E-state index contributed by atoms with van der Waals surface area (Å²) in [7, 11) is 0. The lowest BCUT2D eigenvalue weighted by molar-refractivity contribution is 0.664. The Morgan fingerprint density at radius 2 is 2.62 bits per heavy atom. The van der Waals surface area contributed by atoms with Gasteiger partial charge in [0.15, 0.2) is 0 Å². The Morgan fingerprint density at radius 1 is 1.88 bits per heavy atom. The lowest BCUT2D eigenvalue weighted by atomic mass is 10.3. The molecular weight excluding hydrogens is 118 g/mol. The zero-order valence-corrected chi connectivity index (χ0v) is 6.22. The molecule has 0 aliphatic carbocycles. The van der Waals surface area contributed by atoms with Gasteiger partial charge in [-0.2, -0.15) is 11.4 Å². The van der Waals surface area contributed by atoms with Gasteiger partial charge in [-0.15, -0.1) is 0 Å². The van der Waals surface area contributed by atoms with Crippen LogP contribution in [-0.2, 0) is 0 Å². The van der Waals surface area contributed by atoms with Crippen LogP contribution in [0.3, 0.4) is 0 Å². The zero-order chi connectivity index (χ0) is 5.98. The normalized spacial score (nSPS) is 28.2. The summed E-state index contributed by atoms with van der Waals surface area (Å²) in [5, 5.41) is 3.38. The highest BCUT2D eigenvalue weighted by atomic mass is 32.1. The highest BCUT2D eigenvalue weighted by Crippen LogP contribution is 2.05. The van der Waals surface area contributed by atoms with Crippen LogP contribution in [0.1, 0.15) is 20.3 Å². The largest absolute Gasteiger partial charge is 0.280 e. The first kappa shape index (κ1) is 6.17. The minimum Gasteiger partial charge on any atom is -0.280 e. The number of nitrogens with one attached hydrogen (secondary N) is 1. The van der Waals surface area contributed by atoms with Gasteiger partial charge < -0.3 is 0 Å². The summed E-state index contributed by atoms with van der Waals surface area (Å²) in [6, 6.07) is 0.750. The van der Waals surface area contributed by atoms with Gasteiger partial charge in [0.2, 0.25) is 0 Å². The molecule has 0 aromatic carbocycles. The first-order chi connectivity index (χ1) is 3.83. The van der Waals surface area contributed by atoms with E-state index in [1.165, 1.54) is 17.2 Å². The van der Waals surface area contributed by atoms with Crippen molar-refractivity contribution in [1.29, 1.82) is 0 Å². The van der Waals surface area contributed by atoms with Gasteiger partial charge in [0.25, 0.3) is 0 Å². The summed E-state index contributed by atoms with van der Waals surface area (Å²) >= 11 is 1.94. The maximum absolute atomic E-state index is 3.38. The van der Waals surface area contributed by atoms with Crippen LogP contribution in [0, 0.1) is 0 Å². The summed E-state index contributed by atoms with van der Waals surface area (Å²) in [5.41, 5.74) is 0. The van der Waals surface area contributed by atoms with Crippen LogP contribution in [0.4, 0.5) is 0 Å². The third-order valence-corrected chi connectivity index (χ3v) is 2.52. The molecule has 0 amide bonds. The topological polar surface area (TPSA) is 12.0 Å². The van der Waals surface area contributed by atoms with Gasteiger partial charge in [-0.3, -0.25) is 5.32 Å². The van der Waals surface area contributed by atoms with Gasteiger partial charge >= 0.3 is 0 Å². The average molecular weight is 130 g/mol. The molecule has 0 aromatic rings. The molecule has 0 saturated heterocycles. The van der Waals surface area contributed by atoms with E-state index in [2.05, 4.69) is 19.2 Å². The maximum atomic E-state index is 3.38. The Kier molecular flexibility index (Phi) is 1.97. The Labute approximate surface area is 54.4 Å². The molecule has 0 aromatic heterocycles. The zero-order valence-electron chi connectivity index (χ0n) is 5.40. The number of hydrogen-bond donors (Lipinski definition) is 1. The standard InChI is InChI=1S/C6H12NS/c1-3-6-4-8-5(2)7-6/h6-7H,3-4H2,1-2H3. The summed E-state index contributed by atoms with van der Waals surface area (Å²) in [4.78, 5) is 1.39. The third-order valence-electron chi connectivity index (χ3n) is 1.40. The highest BCUT2D eigenvalue weighted by Gasteiger charge is 2.10. The molecule has 1 nitrogen and oxygen atoms in total. The monoisotopic (exact) mass is 130 g/mol. The molecule has 0 bridgehead atoms. The molecule has 1 aliphatic heterocycles. The van der Waals surface area contributed by atoms with E-state index in [1.54, 1.807) is 0 Å². The molecule has 1 radical (unpaired) electrons. The van der Waals surface area contributed by atoms with Crippen LogP contribution in [0.15, 0.2) is 0 Å². The Morgan fingerprint density at radius 3 is 2.88 bits per heavy atom. The summed E-state index contributed by atoms with van der Waals surface area (Å²) in [6.07, 6.45) is 1.25. The molecular formula is C6H12NS. The van der Waals surface area contributed by atoms with Crippen LogP contribution in [0.5, 0.6) is 0 Å².